The molecule has 46 valence electrons. The molecular weight excluding hydrogens is 106 g/mol. The largest absolute Gasteiger partial charge is 0.355 e. The van der Waals surface area contributed by atoms with Crippen LogP contribution in [0.1, 0.15) is 6.92 Å². The fourth-order valence-corrected chi connectivity index (χ4v) is 0.566. The number of hydrogen-bond acceptors (Lipinski definition) is 4. The van der Waals surface area contributed by atoms with E-state index >= 15 is 0 Å². The van der Waals surface area contributed by atoms with E-state index in [1.165, 1.54) is 0 Å². The molecule has 1 heterocycles. The first kappa shape index (κ1) is 5.37. The van der Waals surface area contributed by atoms with Gasteiger partial charge in [0.25, 0.3) is 0 Å². The van der Waals surface area contributed by atoms with Crippen molar-refractivity contribution in [1.82, 2.24) is 10.3 Å². The lowest BCUT2D eigenvalue weighted by molar-refractivity contribution is 0.0464. The lowest BCUT2D eigenvalue weighted by atomic mass is 10.6. The molecule has 1 rings (SSSR count). The Bertz CT molecular complexity index is 103. The minimum atomic E-state index is -0.611. The van der Waals surface area contributed by atoms with Crippen molar-refractivity contribution in [2.24, 2.45) is 5.10 Å². The number of aliphatic hydroxyl groups is 1. The predicted molar refractivity (Wildman–Crippen MR) is 30.0 cm³/mol. The van der Waals surface area contributed by atoms with Gasteiger partial charge in [0.2, 0.25) is 6.35 Å². The maximum absolute atomic E-state index is 8.88. The van der Waals surface area contributed by atoms with Crippen LogP contribution in [0.4, 0.5) is 0 Å². The second-order valence-corrected chi connectivity index (χ2v) is 1.58. The molecule has 1 unspecified atom stereocenters. The molecule has 4 nitrogen and oxygen atoms in total. The van der Waals surface area contributed by atoms with Crippen molar-refractivity contribution in [3.63, 3.8) is 0 Å². The van der Waals surface area contributed by atoms with Gasteiger partial charge in [-0.2, -0.15) is 5.10 Å². The van der Waals surface area contributed by atoms with Crippen LogP contribution in [-0.4, -0.2) is 29.2 Å². The van der Waals surface area contributed by atoms with Crippen molar-refractivity contribution in [2.75, 3.05) is 6.54 Å². The van der Waals surface area contributed by atoms with E-state index < -0.39 is 6.35 Å². The van der Waals surface area contributed by atoms with Gasteiger partial charge in [0.1, 0.15) is 6.34 Å². The summed E-state index contributed by atoms with van der Waals surface area (Å²) < 4.78 is 0. The fourth-order valence-electron chi connectivity index (χ4n) is 0.566. The van der Waals surface area contributed by atoms with Crippen molar-refractivity contribution >= 4 is 6.34 Å². The third kappa shape index (κ3) is 0.742. The minimum Gasteiger partial charge on any atom is -0.355 e. The molecule has 1 atom stereocenters. The second-order valence-electron chi connectivity index (χ2n) is 1.58. The summed E-state index contributed by atoms with van der Waals surface area (Å²) in [5.41, 5.74) is 2.47. The highest BCUT2D eigenvalue weighted by atomic mass is 16.3. The Morgan fingerprint density at radius 3 is 3.00 bits per heavy atom. The molecule has 0 radical (unpaired) electrons. The first-order valence-corrected chi connectivity index (χ1v) is 2.57. The summed E-state index contributed by atoms with van der Waals surface area (Å²) in [6.45, 7) is 2.72. The van der Waals surface area contributed by atoms with Crippen molar-refractivity contribution in [1.29, 1.82) is 0 Å². The third-order valence-electron chi connectivity index (χ3n) is 1.08. The number of hydrazone groups is 1. The molecule has 8 heavy (non-hydrogen) atoms. The molecule has 0 spiro atoms. The zero-order valence-electron chi connectivity index (χ0n) is 4.70. The van der Waals surface area contributed by atoms with Crippen LogP contribution in [0.5, 0.6) is 0 Å². The van der Waals surface area contributed by atoms with E-state index in [1.54, 1.807) is 11.2 Å². The van der Waals surface area contributed by atoms with Crippen molar-refractivity contribution in [3.05, 3.63) is 0 Å². The molecule has 0 saturated heterocycles. The lowest BCUT2D eigenvalue weighted by Gasteiger charge is -2.14. The monoisotopic (exact) mass is 115 g/mol. The van der Waals surface area contributed by atoms with Crippen molar-refractivity contribution in [3.8, 4) is 0 Å². The van der Waals surface area contributed by atoms with Crippen LogP contribution < -0.4 is 5.43 Å². The zero-order chi connectivity index (χ0) is 5.98. The van der Waals surface area contributed by atoms with Crippen LogP contribution in [0, 0.1) is 0 Å². The molecule has 1 aliphatic rings. The summed E-state index contributed by atoms with van der Waals surface area (Å²) in [7, 11) is 0. The number of rotatable bonds is 1. The minimum absolute atomic E-state index is 0.611. The Morgan fingerprint density at radius 1 is 2.00 bits per heavy atom. The summed E-state index contributed by atoms with van der Waals surface area (Å²) in [6, 6.07) is 0. The molecule has 0 aliphatic carbocycles. The smallest absolute Gasteiger partial charge is 0.221 e. The summed E-state index contributed by atoms with van der Waals surface area (Å²) in [6.07, 6.45) is 0.963. The summed E-state index contributed by atoms with van der Waals surface area (Å²) in [5, 5.41) is 12.5. The Hall–Kier alpha value is -0.770. The Labute approximate surface area is 47.8 Å². The first-order chi connectivity index (χ1) is 3.84. The van der Waals surface area contributed by atoms with Crippen LogP contribution in [0.2, 0.25) is 0 Å². The second kappa shape index (κ2) is 2.00. The van der Waals surface area contributed by atoms with Crippen molar-refractivity contribution in [2.45, 2.75) is 13.3 Å². The zero-order valence-corrected chi connectivity index (χ0v) is 4.70. The van der Waals surface area contributed by atoms with Crippen LogP contribution >= 0.6 is 0 Å². The van der Waals surface area contributed by atoms with Gasteiger partial charge in [-0.3, -0.25) is 5.43 Å². The fraction of sp³-hybridized carbons (Fsp3) is 0.750. The van der Waals surface area contributed by atoms with Gasteiger partial charge in [-0.25, -0.2) is 0 Å². The first-order valence-electron chi connectivity index (χ1n) is 2.57. The van der Waals surface area contributed by atoms with Gasteiger partial charge in [0.15, 0.2) is 0 Å². The highest BCUT2D eigenvalue weighted by Crippen LogP contribution is 1.93. The van der Waals surface area contributed by atoms with Gasteiger partial charge in [-0.1, -0.05) is 0 Å². The Kier molecular flexibility index (Phi) is 1.34. The van der Waals surface area contributed by atoms with Gasteiger partial charge in [-0.05, 0) is 6.92 Å². The molecular formula is C4H9N3O. The van der Waals surface area contributed by atoms with E-state index in [4.69, 9.17) is 5.11 Å². The summed E-state index contributed by atoms with van der Waals surface area (Å²) >= 11 is 0. The van der Waals surface area contributed by atoms with E-state index in [0.29, 0.717) is 0 Å². The molecule has 0 bridgehead atoms. The van der Waals surface area contributed by atoms with Crippen LogP contribution in [0.25, 0.3) is 0 Å². The molecule has 4 heteroatoms. The summed E-state index contributed by atoms with van der Waals surface area (Å²) in [5.74, 6) is 0. The van der Waals surface area contributed by atoms with E-state index in [1.807, 2.05) is 6.92 Å². The average molecular weight is 115 g/mol. The average Bonchev–Trinajstić information content (AvgIpc) is 2.14. The Balaban J connectivity index is 2.41. The molecule has 0 aromatic rings. The maximum atomic E-state index is 8.88. The van der Waals surface area contributed by atoms with E-state index in [2.05, 4.69) is 10.5 Å². The van der Waals surface area contributed by atoms with Gasteiger partial charge in [0, 0.05) is 6.54 Å². The summed E-state index contributed by atoms with van der Waals surface area (Å²) in [4.78, 5) is 1.68. The van der Waals surface area contributed by atoms with E-state index in [-0.39, 0.29) is 0 Å². The lowest BCUT2D eigenvalue weighted by Crippen LogP contribution is -2.35. The van der Waals surface area contributed by atoms with Crippen molar-refractivity contribution < 1.29 is 5.11 Å². The number of nitrogens with zero attached hydrogens (tertiary/aromatic N) is 2. The van der Waals surface area contributed by atoms with Crippen LogP contribution in [-0.2, 0) is 0 Å². The molecule has 0 amide bonds. The standard InChI is InChI=1S/C4H9N3O/c1-2-7-3-5-6-4(7)8/h3-4,6,8H,2H2,1H3. The van der Waals surface area contributed by atoms with Gasteiger partial charge < -0.3 is 10.0 Å². The topological polar surface area (TPSA) is 47.9 Å². The van der Waals surface area contributed by atoms with E-state index in [0.717, 1.165) is 6.54 Å². The highest BCUT2D eigenvalue weighted by molar-refractivity contribution is 5.56. The quantitative estimate of drug-likeness (QED) is 0.467. The van der Waals surface area contributed by atoms with Crippen LogP contribution in [0.3, 0.4) is 0 Å². The number of nitrogens with one attached hydrogen (secondary N) is 1. The molecule has 0 saturated carbocycles. The molecule has 2 N–H and O–H groups in total. The highest BCUT2D eigenvalue weighted by Gasteiger charge is 2.12. The molecule has 1 aliphatic heterocycles. The van der Waals surface area contributed by atoms with Crippen LogP contribution in [0.15, 0.2) is 5.10 Å². The molecule has 0 fully saturated rings. The molecule has 0 aromatic carbocycles. The van der Waals surface area contributed by atoms with Gasteiger partial charge >= 0.3 is 0 Å². The maximum Gasteiger partial charge on any atom is 0.221 e. The van der Waals surface area contributed by atoms with E-state index in [9.17, 15) is 0 Å². The SMILES string of the molecule is CCN1C=NNC1O. The number of hydrogen-bond donors (Lipinski definition) is 2. The Morgan fingerprint density at radius 2 is 2.75 bits per heavy atom. The normalized spacial score (nSPS) is 26.2. The third-order valence-corrected chi connectivity index (χ3v) is 1.08. The van der Waals surface area contributed by atoms with Gasteiger partial charge in [0.05, 0.1) is 0 Å². The number of aliphatic hydroxyl groups excluding tert-OH is 1. The predicted octanol–water partition coefficient (Wildman–Crippen LogP) is -0.869. The molecule has 0 aromatic heterocycles. The van der Waals surface area contributed by atoms with Gasteiger partial charge in [-0.15, -0.1) is 0 Å².